The van der Waals surface area contributed by atoms with E-state index in [1.54, 1.807) is 0 Å². The summed E-state index contributed by atoms with van der Waals surface area (Å²) in [6.07, 6.45) is -4.23. The van der Waals surface area contributed by atoms with Crippen molar-refractivity contribution >= 4 is 11.9 Å². The molecule has 0 aromatic carbocycles. The summed E-state index contributed by atoms with van der Waals surface area (Å²) in [5.74, 6) is -3.03. The van der Waals surface area contributed by atoms with Crippen LogP contribution in [0.3, 0.4) is 0 Å². The Morgan fingerprint density at radius 1 is 1.53 bits per heavy atom. The maximum absolute atomic E-state index is 12.9. The number of esters is 1. The quantitative estimate of drug-likeness (QED) is 0.727. The summed E-state index contributed by atoms with van der Waals surface area (Å²) in [5, 5.41) is 2.40. The minimum atomic E-state index is -4.66. The lowest BCUT2D eigenvalue weighted by molar-refractivity contribution is -0.150. The van der Waals surface area contributed by atoms with E-state index in [9.17, 15) is 22.8 Å². The van der Waals surface area contributed by atoms with Gasteiger partial charge in [0.15, 0.2) is 6.61 Å². The van der Waals surface area contributed by atoms with E-state index in [4.69, 9.17) is 4.74 Å². The summed E-state index contributed by atoms with van der Waals surface area (Å²) in [6, 6.07) is 0. The molecule has 19 heavy (non-hydrogen) atoms. The van der Waals surface area contributed by atoms with Crippen LogP contribution >= 0.6 is 0 Å². The molecular formula is C11H10F3NO4. The molecule has 1 N–H and O–H groups in total. The summed E-state index contributed by atoms with van der Waals surface area (Å²) < 4.78 is 47.9. The van der Waals surface area contributed by atoms with Crippen molar-refractivity contribution in [1.29, 1.82) is 0 Å². The van der Waals surface area contributed by atoms with Gasteiger partial charge in [-0.05, 0) is 6.08 Å². The third-order valence-electron chi connectivity index (χ3n) is 2.83. The Bertz CT molecular complexity index is 493. The second kappa shape index (κ2) is 4.60. The number of carbonyl (C=O) groups is 2. The van der Waals surface area contributed by atoms with Crippen LogP contribution in [0.5, 0.6) is 0 Å². The molecule has 2 aliphatic rings. The Morgan fingerprint density at radius 3 is 2.79 bits per heavy atom. The predicted molar refractivity (Wildman–Crippen MR) is 55.4 cm³/mol. The number of carbonyl (C=O) groups excluding carboxylic acids is 2. The number of rotatable bonds is 1. The number of hydrogen-bond donors (Lipinski definition) is 1. The van der Waals surface area contributed by atoms with Gasteiger partial charge in [0.05, 0.1) is 24.3 Å². The molecule has 8 heteroatoms. The largest absolute Gasteiger partial charge is 0.482 e. The van der Waals surface area contributed by atoms with Crippen LogP contribution < -0.4 is 5.32 Å². The van der Waals surface area contributed by atoms with Crippen LogP contribution in [0.1, 0.15) is 6.42 Å². The topological polar surface area (TPSA) is 64.6 Å². The van der Waals surface area contributed by atoms with E-state index in [2.05, 4.69) is 10.1 Å². The molecule has 0 saturated carbocycles. The molecule has 1 aliphatic heterocycles. The minimum absolute atomic E-state index is 0.0629. The summed E-state index contributed by atoms with van der Waals surface area (Å²) in [6.45, 7) is -0.344. The number of hydrogen-bond acceptors (Lipinski definition) is 4. The molecule has 104 valence electrons. The fraction of sp³-hybridized carbons (Fsp3) is 0.455. The van der Waals surface area contributed by atoms with Gasteiger partial charge in [-0.1, -0.05) is 0 Å². The molecule has 0 aromatic heterocycles. The molecular weight excluding hydrogens is 267 g/mol. The van der Waals surface area contributed by atoms with Crippen LogP contribution in [-0.2, 0) is 19.1 Å². The maximum Gasteiger partial charge on any atom is 0.413 e. The Balaban J connectivity index is 2.40. The number of amides is 1. The Kier molecular flexibility index (Phi) is 3.25. The molecule has 0 fully saturated rings. The summed E-state index contributed by atoms with van der Waals surface area (Å²) >= 11 is 0. The van der Waals surface area contributed by atoms with Crippen molar-refractivity contribution in [3.63, 3.8) is 0 Å². The second-order valence-electron chi connectivity index (χ2n) is 4.06. The zero-order valence-corrected chi connectivity index (χ0v) is 9.84. The Morgan fingerprint density at radius 2 is 2.21 bits per heavy atom. The molecule has 5 nitrogen and oxygen atoms in total. The highest BCUT2D eigenvalue weighted by atomic mass is 19.4. The number of ether oxygens (including phenoxy) is 2. The first-order chi connectivity index (χ1) is 8.82. The van der Waals surface area contributed by atoms with Gasteiger partial charge in [0, 0.05) is 6.42 Å². The second-order valence-corrected chi connectivity index (χ2v) is 4.06. The van der Waals surface area contributed by atoms with Gasteiger partial charge in [-0.2, -0.15) is 13.2 Å². The van der Waals surface area contributed by atoms with E-state index in [1.807, 2.05) is 0 Å². The van der Waals surface area contributed by atoms with Crippen LogP contribution in [-0.4, -0.2) is 31.8 Å². The maximum atomic E-state index is 12.9. The van der Waals surface area contributed by atoms with E-state index in [1.165, 1.54) is 0 Å². The van der Waals surface area contributed by atoms with E-state index in [-0.39, 0.29) is 24.5 Å². The molecule has 1 aliphatic carbocycles. The normalized spacial score (nSPS) is 23.1. The molecule has 0 bridgehead atoms. The van der Waals surface area contributed by atoms with Gasteiger partial charge < -0.3 is 14.8 Å². The van der Waals surface area contributed by atoms with Gasteiger partial charge in [-0.25, -0.2) is 0 Å². The van der Waals surface area contributed by atoms with Crippen molar-refractivity contribution in [2.24, 2.45) is 5.92 Å². The first kappa shape index (κ1) is 13.4. The lowest BCUT2D eigenvalue weighted by Gasteiger charge is -2.29. The first-order valence-electron chi connectivity index (χ1n) is 5.35. The average Bonchev–Trinajstić information content (AvgIpc) is 2.35. The highest BCUT2D eigenvalue weighted by Gasteiger charge is 2.45. The van der Waals surface area contributed by atoms with E-state index in [0.717, 1.165) is 13.2 Å². The van der Waals surface area contributed by atoms with Gasteiger partial charge in [0.25, 0.3) is 5.91 Å². The predicted octanol–water partition coefficient (Wildman–Crippen LogP) is 1.03. The minimum Gasteiger partial charge on any atom is -0.482 e. The zero-order valence-electron chi connectivity index (χ0n) is 9.84. The van der Waals surface area contributed by atoms with Crippen molar-refractivity contribution in [2.75, 3.05) is 13.7 Å². The van der Waals surface area contributed by atoms with Gasteiger partial charge in [-0.15, -0.1) is 0 Å². The number of nitrogens with one attached hydrogen (secondary N) is 1. The number of methoxy groups -OCH3 is 1. The molecule has 1 amide bonds. The molecule has 1 atom stereocenters. The monoisotopic (exact) mass is 277 g/mol. The lowest BCUT2D eigenvalue weighted by atomic mass is 9.88. The number of allylic oxidation sites excluding steroid dienone is 2. The average molecular weight is 277 g/mol. The van der Waals surface area contributed by atoms with Gasteiger partial charge in [0.2, 0.25) is 0 Å². The Hall–Kier alpha value is -1.99. The van der Waals surface area contributed by atoms with Crippen LogP contribution in [0.25, 0.3) is 0 Å². The van der Waals surface area contributed by atoms with Crippen molar-refractivity contribution < 1.29 is 32.2 Å². The zero-order chi connectivity index (χ0) is 14.2. The molecule has 1 heterocycles. The smallest absolute Gasteiger partial charge is 0.413 e. The number of alkyl halides is 3. The molecule has 0 spiro atoms. The standard InChI is InChI=1S/C11H10F3NO4/c1-18-10(17)5-2-7-8(19-4-9(16)15-7)3-6(5)11(12,13)14/h3,5H,2,4H2,1H3,(H,15,16). The molecule has 0 saturated heterocycles. The third-order valence-corrected chi connectivity index (χ3v) is 2.83. The van der Waals surface area contributed by atoms with Gasteiger partial charge in [0.1, 0.15) is 5.76 Å². The summed E-state index contributed by atoms with van der Waals surface area (Å²) in [4.78, 5) is 22.6. The SMILES string of the molecule is COC(=O)C1CC2=C(C=C1C(F)(F)F)OCC(=O)N2. The van der Waals surface area contributed by atoms with E-state index >= 15 is 0 Å². The summed E-state index contributed by atoms with van der Waals surface area (Å²) in [7, 11) is 1.01. The van der Waals surface area contributed by atoms with Crippen LogP contribution in [0.4, 0.5) is 13.2 Å². The number of halogens is 3. The van der Waals surface area contributed by atoms with Crippen molar-refractivity contribution in [2.45, 2.75) is 12.6 Å². The highest BCUT2D eigenvalue weighted by molar-refractivity contribution is 5.82. The van der Waals surface area contributed by atoms with Gasteiger partial charge in [-0.3, -0.25) is 9.59 Å². The molecule has 1 unspecified atom stereocenters. The van der Waals surface area contributed by atoms with Crippen LogP contribution in [0.15, 0.2) is 23.1 Å². The van der Waals surface area contributed by atoms with Crippen molar-refractivity contribution in [1.82, 2.24) is 5.32 Å². The van der Waals surface area contributed by atoms with Crippen molar-refractivity contribution in [3.8, 4) is 0 Å². The van der Waals surface area contributed by atoms with E-state index < -0.39 is 29.5 Å². The lowest BCUT2D eigenvalue weighted by Crippen LogP contribution is -2.39. The van der Waals surface area contributed by atoms with Crippen LogP contribution in [0, 0.1) is 5.92 Å². The van der Waals surface area contributed by atoms with Crippen LogP contribution in [0.2, 0.25) is 0 Å². The van der Waals surface area contributed by atoms with Crippen molar-refractivity contribution in [3.05, 3.63) is 23.1 Å². The van der Waals surface area contributed by atoms with E-state index in [0.29, 0.717) is 0 Å². The molecule has 0 radical (unpaired) electrons. The summed E-state index contributed by atoms with van der Waals surface area (Å²) in [5.41, 5.74) is -0.867. The fourth-order valence-corrected chi connectivity index (χ4v) is 1.96. The first-order valence-corrected chi connectivity index (χ1v) is 5.35. The Labute approximate surface area is 106 Å². The molecule has 2 rings (SSSR count). The highest BCUT2D eigenvalue weighted by Crippen LogP contribution is 2.40. The fourth-order valence-electron chi connectivity index (χ4n) is 1.96. The van der Waals surface area contributed by atoms with Gasteiger partial charge >= 0.3 is 12.1 Å². The molecule has 0 aromatic rings. The third kappa shape index (κ3) is 2.56.